The first-order valence-corrected chi connectivity index (χ1v) is 5.96. The van der Waals surface area contributed by atoms with Gasteiger partial charge in [0.25, 0.3) is 0 Å². The molecule has 0 N–H and O–H groups in total. The highest BCUT2D eigenvalue weighted by atomic mass is 79.9. The Balaban J connectivity index is 2.59. The van der Waals surface area contributed by atoms with Gasteiger partial charge in [-0.05, 0) is 22.9 Å². The normalized spacial score (nSPS) is 11.9. The molecule has 2 rings (SSSR count). The molecule has 0 unspecified atom stereocenters. The van der Waals surface area contributed by atoms with Crippen LogP contribution in [-0.2, 0) is 13.2 Å². The zero-order chi connectivity index (χ0) is 13.5. The summed E-state index contributed by atoms with van der Waals surface area (Å²) >= 11 is 2.99. The van der Waals surface area contributed by atoms with Crippen LogP contribution >= 0.6 is 15.9 Å². The molecule has 0 bridgehead atoms. The molecule has 2 nitrogen and oxygen atoms in total. The van der Waals surface area contributed by atoms with Gasteiger partial charge in [0.2, 0.25) is 0 Å². The number of nitrogens with zero attached hydrogens (tertiary/aromatic N) is 2. The third-order valence-corrected chi connectivity index (χ3v) is 3.33. The zero-order valence-corrected chi connectivity index (χ0v) is 11.3. The standard InChI is InChI=1S/C12H10BrF3N2/c1-7-3-5-8(6-4-7)10-9(13)11(12(14,15)16)17-18(10)2/h3-6H,1-2H3. The molecule has 1 aromatic heterocycles. The van der Waals surface area contributed by atoms with Crippen molar-refractivity contribution in [2.45, 2.75) is 13.1 Å². The van der Waals surface area contributed by atoms with Crippen LogP contribution in [0.4, 0.5) is 13.2 Å². The van der Waals surface area contributed by atoms with Crippen LogP contribution in [0.5, 0.6) is 0 Å². The molecule has 0 amide bonds. The van der Waals surface area contributed by atoms with Crippen LogP contribution in [0.25, 0.3) is 11.3 Å². The second-order valence-electron chi connectivity index (χ2n) is 4.00. The van der Waals surface area contributed by atoms with Crippen LogP contribution in [0.1, 0.15) is 11.3 Å². The highest BCUT2D eigenvalue weighted by molar-refractivity contribution is 9.10. The van der Waals surface area contributed by atoms with Crippen molar-refractivity contribution in [3.63, 3.8) is 0 Å². The molecule has 0 fully saturated rings. The van der Waals surface area contributed by atoms with Crippen LogP contribution in [0.3, 0.4) is 0 Å². The van der Waals surface area contributed by atoms with Crippen molar-refractivity contribution in [2.75, 3.05) is 0 Å². The Bertz CT molecular complexity index is 570. The van der Waals surface area contributed by atoms with Gasteiger partial charge in [0.05, 0.1) is 10.2 Å². The lowest BCUT2D eigenvalue weighted by Crippen LogP contribution is -2.07. The van der Waals surface area contributed by atoms with E-state index < -0.39 is 11.9 Å². The Kier molecular flexibility index (Phi) is 3.23. The average molecular weight is 319 g/mol. The molecule has 18 heavy (non-hydrogen) atoms. The second-order valence-corrected chi connectivity index (χ2v) is 4.79. The highest BCUT2D eigenvalue weighted by Crippen LogP contribution is 2.39. The Morgan fingerprint density at radius 1 is 1.17 bits per heavy atom. The molecule has 0 spiro atoms. The van der Waals surface area contributed by atoms with E-state index in [-0.39, 0.29) is 4.47 Å². The molecule has 1 heterocycles. The minimum Gasteiger partial charge on any atom is -0.266 e. The molecule has 2 aromatic rings. The fourth-order valence-corrected chi connectivity index (χ4v) is 2.49. The summed E-state index contributed by atoms with van der Waals surface area (Å²) in [5.41, 5.74) is 1.26. The molecule has 0 atom stereocenters. The molecule has 0 radical (unpaired) electrons. The zero-order valence-electron chi connectivity index (χ0n) is 9.72. The number of rotatable bonds is 1. The van der Waals surface area contributed by atoms with E-state index in [4.69, 9.17) is 0 Å². The summed E-state index contributed by atoms with van der Waals surface area (Å²) in [6, 6.07) is 7.25. The van der Waals surface area contributed by atoms with Crippen molar-refractivity contribution < 1.29 is 13.2 Å². The summed E-state index contributed by atoms with van der Waals surface area (Å²) in [6.07, 6.45) is -4.46. The van der Waals surface area contributed by atoms with Crippen LogP contribution in [0.15, 0.2) is 28.7 Å². The molecular weight excluding hydrogens is 309 g/mol. The summed E-state index contributed by atoms with van der Waals surface area (Å²) in [7, 11) is 1.50. The Hall–Kier alpha value is -1.30. The van der Waals surface area contributed by atoms with Gasteiger partial charge in [-0.1, -0.05) is 29.8 Å². The van der Waals surface area contributed by atoms with E-state index in [9.17, 15) is 13.2 Å². The first kappa shape index (κ1) is 13.1. The predicted molar refractivity (Wildman–Crippen MR) is 66.1 cm³/mol. The van der Waals surface area contributed by atoms with Crippen molar-refractivity contribution in [1.29, 1.82) is 0 Å². The first-order chi connectivity index (χ1) is 8.30. The number of hydrogen-bond acceptors (Lipinski definition) is 1. The van der Waals surface area contributed by atoms with Crippen LogP contribution in [0.2, 0.25) is 0 Å². The number of hydrogen-bond donors (Lipinski definition) is 0. The largest absolute Gasteiger partial charge is 0.436 e. The van der Waals surface area contributed by atoms with Gasteiger partial charge < -0.3 is 0 Å². The Morgan fingerprint density at radius 3 is 2.17 bits per heavy atom. The number of aryl methyl sites for hydroxylation is 2. The average Bonchev–Trinajstić information content (AvgIpc) is 2.56. The van der Waals surface area contributed by atoms with E-state index in [1.807, 2.05) is 19.1 Å². The summed E-state index contributed by atoms with van der Waals surface area (Å²) in [5.74, 6) is 0. The molecule has 6 heteroatoms. The predicted octanol–water partition coefficient (Wildman–Crippen LogP) is 4.18. The molecule has 0 aliphatic heterocycles. The van der Waals surface area contributed by atoms with Gasteiger partial charge in [-0.25, -0.2) is 0 Å². The highest BCUT2D eigenvalue weighted by Gasteiger charge is 2.38. The van der Waals surface area contributed by atoms with E-state index in [0.717, 1.165) is 5.56 Å². The Labute approximate surface area is 111 Å². The van der Waals surface area contributed by atoms with Crippen molar-refractivity contribution in [3.8, 4) is 11.3 Å². The lowest BCUT2D eigenvalue weighted by molar-refractivity contribution is -0.142. The third kappa shape index (κ3) is 2.29. The minimum atomic E-state index is -4.46. The fraction of sp³-hybridized carbons (Fsp3) is 0.250. The van der Waals surface area contributed by atoms with Crippen LogP contribution < -0.4 is 0 Å². The lowest BCUT2D eigenvalue weighted by atomic mass is 10.1. The van der Waals surface area contributed by atoms with Crippen LogP contribution in [0, 0.1) is 6.92 Å². The molecule has 0 aliphatic carbocycles. The van der Waals surface area contributed by atoms with Gasteiger partial charge >= 0.3 is 6.18 Å². The molecular formula is C12H10BrF3N2. The monoisotopic (exact) mass is 318 g/mol. The van der Waals surface area contributed by atoms with Crippen LogP contribution in [-0.4, -0.2) is 9.78 Å². The SMILES string of the molecule is Cc1ccc(-c2c(Br)c(C(F)(F)F)nn2C)cc1. The van der Waals surface area contributed by atoms with E-state index in [2.05, 4.69) is 21.0 Å². The van der Waals surface area contributed by atoms with E-state index in [1.54, 1.807) is 12.1 Å². The second kappa shape index (κ2) is 4.42. The maximum Gasteiger partial charge on any atom is 0.436 e. The van der Waals surface area contributed by atoms with Crippen molar-refractivity contribution in [1.82, 2.24) is 9.78 Å². The summed E-state index contributed by atoms with van der Waals surface area (Å²) in [4.78, 5) is 0. The van der Waals surface area contributed by atoms with E-state index in [0.29, 0.717) is 11.3 Å². The van der Waals surface area contributed by atoms with E-state index >= 15 is 0 Å². The first-order valence-electron chi connectivity index (χ1n) is 5.17. The van der Waals surface area contributed by atoms with Gasteiger partial charge in [0.15, 0.2) is 5.69 Å². The third-order valence-electron chi connectivity index (χ3n) is 2.58. The molecule has 1 aromatic carbocycles. The number of aromatic nitrogens is 2. The number of benzene rings is 1. The number of halogens is 4. The summed E-state index contributed by atoms with van der Waals surface area (Å²) < 4.78 is 39.4. The summed E-state index contributed by atoms with van der Waals surface area (Å²) in [5, 5.41) is 3.53. The molecule has 96 valence electrons. The van der Waals surface area contributed by atoms with Gasteiger partial charge in [-0.3, -0.25) is 4.68 Å². The number of alkyl halides is 3. The van der Waals surface area contributed by atoms with Crippen molar-refractivity contribution in [2.24, 2.45) is 7.05 Å². The topological polar surface area (TPSA) is 17.8 Å². The van der Waals surface area contributed by atoms with Gasteiger partial charge in [0, 0.05) is 12.6 Å². The summed E-state index contributed by atoms with van der Waals surface area (Å²) in [6.45, 7) is 1.92. The fourth-order valence-electron chi connectivity index (χ4n) is 1.70. The van der Waals surface area contributed by atoms with Gasteiger partial charge in [0.1, 0.15) is 0 Å². The van der Waals surface area contributed by atoms with Crippen molar-refractivity contribution >= 4 is 15.9 Å². The Morgan fingerprint density at radius 2 is 1.72 bits per heavy atom. The van der Waals surface area contributed by atoms with Gasteiger partial charge in [-0.2, -0.15) is 18.3 Å². The molecule has 0 aliphatic rings. The van der Waals surface area contributed by atoms with E-state index in [1.165, 1.54) is 11.7 Å². The lowest BCUT2D eigenvalue weighted by Gasteiger charge is -2.04. The smallest absolute Gasteiger partial charge is 0.266 e. The molecule has 0 saturated carbocycles. The minimum absolute atomic E-state index is 0.0265. The maximum absolute atomic E-state index is 12.7. The molecule has 0 saturated heterocycles. The maximum atomic E-state index is 12.7. The van der Waals surface area contributed by atoms with Gasteiger partial charge in [-0.15, -0.1) is 0 Å². The quantitative estimate of drug-likeness (QED) is 0.771. The van der Waals surface area contributed by atoms with Crippen molar-refractivity contribution in [3.05, 3.63) is 40.0 Å².